The molecule has 2 rings (SSSR count). The minimum atomic E-state index is -0.615. The van der Waals surface area contributed by atoms with Crippen LogP contribution in [-0.4, -0.2) is 14.9 Å². The number of aromatic nitrogens is 2. The molecular formula is C11H10BrN5O3. The Bertz CT molecular complexity index is 637. The van der Waals surface area contributed by atoms with Crippen molar-refractivity contribution in [2.24, 2.45) is 5.84 Å². The molecule has 0 atom stereocenters. The molecule has 20 heavy (non-hydrogen) atoms. The number of nitro groups is 1. The Morgan fingerprint density at radius 3 is 2.95 bits per heavy atom. The SMILES string of the molecule is NNc1ncc([N+](=O)[O-])c(OCc2cccc(Br)c2)n1. The van der Waals surface area contributed by atoms with Crippen LogP contribution in [-0.2, 0) is 6.61 Å². The molecule has 0 bridgehead atoms. The number of benzene rings is 1. The summed E-state index contributed by atoms with van der Waals surface area (Å²) in [6.07, 6.45) is 1.04. The molecule has 0 aliphatic heterocycles. The molecule has 9 heteroatoms. The molecule has 8 nitrogen and oxygen atoms in total. The first-order chi connectivity index (χ1) is 9.60. The van der Waals surface area contributed by atoms with Gasteiger partial charge in [0.25, 0.3) is 5.88 Å². The molecule has 1 aromatic carbocycles. The highest BCUT2D eigenvalue weighted by atomic mass is 79.9. The topological polar surface area (TPSA) is 116 Å². The van der Waals surface area contributed by atoms with Gasteiger partial charge < -0.3 is 4.74 Å². The predicted octanol–water partition coefficient (Wildman–Crippen LogP) is 2.01. The van der Waals surface area contributed by atoms with E-state index in [2.05, 4.69) is 31.3 Å². The lowest BCUT2D eigenvalue weighted by Crippen LogP contribution is -2.12. The summed E-state index contributed by atoms with van der Waals surface area (Å²) in [6.45, 7) is 0.140. The summed E-state index contributed by atoms with van der Waals surface area (Å²) in [5, 5.41) is 10.9. The van der Waals surface area contributed by atoms with Crippen LogP contribution < -0.4 is 16.0 Å². The second kappa shape index (κ2) is 6.26. The quantitative estimate of drug-likeness (QED) is 0.486. The van der Waals surface area contributed by atoms with E-state index in [4.69, 9.17) is 10.6 Å². The second-order valence-electron chi connectivity index (χ2n) is 3.70. The average molecular weight is 340 g/mol. The molecular weight excluding hydrogens is 330 g/mol. The summed E-state index contributed by atoms with van der Waals surface area (Å²) < 4.78 is 6.26. The molecule has 0 saturated carbocycles. The molecule has 0 amide bonds. The first kappa shape index (κ1) is 14.2. The van der Waals surface area contributed by atoms with Crippen molar-refractivity contribution in [3.8, 4) is 5.88 Å². The lowest BCUT2D eigenvalue weighted by molar-refractivity contribution is -0.386. The molecule has 0 fully saturated rings. The van der Waals surface area contributed by atoms with Crippen molar-refractivity contribution in [2.75, 3.05) is 5.43 Å². The van der Waals surface area contributed by atoms with E-state index >= 15 is 0 Å². The first-order valence-electron chi connectivity index (χ1n) is 5.45. The van der Waals surface area contributed by atoms with Crippen molar-refractivity contribution in [1.29, 1.82) is 0 Å². The molecule has 0 aliphatic carbocycles. The van der Waals surface area contributed by atoms with Gasteiger partial charge in [0.15, 0.2) is 0 Å². The fourth-order valence-electron chi connectivity index (χ4n) is 1.44. The zero-order valence-electron chi connectivity index (χ0n) is 10.1. The third-order valence-corrected chi connectivity index (χ3v) is 2.82. The van der Waals surface area contributed by atoms with Crippen molar-refractivity contribution in [1.82, 2.24) is 9.97 Å². The number of rotatable bonds is 5. The van der Waals surface area contributed by atoms with Crippen molar-refractivity contribution in [3.05, 3.63) is 50.6 Å². The first-order valence-corrected chi connectivity index (χ1v) is 6.24. The van der Waals surface area contributed by atoms with Gasteiger partial charge in [0.05, 0.1) is 4.92 Å². The molecule has 0 aliphatic rings. The Morgan fingerprint density at radius 2 is 2.30 bits per heavy atom. The minimum absolute atomic E-state index is 0.0415. The molecule has 1 heterocycles. The molecule has 0 saturated heterocycles. The number of hydrogen-bond acceptors (Lipinski definition) is 7. The van der Waals surface area contributed by atoms with E-state index in [-0.39, 0.29) is 24.1 Å². The Morgan fingerprint density at radius 1 is 1.50 bits per heavy atom. The van der Waals surface area contributed by atoms with Gasteiger partial charge in [-0.1, -0.05) is 28.1 Å². The highest BCUT2D eigenvalue weighted by molar-refractivity contribution is 9.10. The van der Waals surface area contributed by atoms with E-state index in [1.165, 1.54) is 0 Å². The number of hydrogen-bond donors (Lipinski definition) is 2. The smallest absolute Gasteiger partial charge is 0.349 e. The highest BCUT2D eigenvalue weighted by Gasteiger charge is 2.18. The van der Waals surface area contributed by atoms with Crippen LogP contribution >= 0.6 is 15.9 Å². The highest BCUT2D eigenvalue weighted by Crippen LogP contribution is 2.25. The number of halogens is 1. The molecule has 2 aromatic rings. The molecule has 3 N–H and O–H groups in total. The lowest BCUT2D eigenvalue weighted by atomic mass is 10.2. The summed E-state index contributed by atoms with van der Waals surface area (Å²) >= 11 is 3.33. The van der Waals surface area contributed by atoms with Gasteiger partial charge in [0.1, 0.15) is 12.8 Å². The number of nitrogens with two attached hydrogens (primary N) is 1. The summed E-state index contributed by atoms with van der Waals surface area (Å²) in [5.41, 5.74) is 2.73. The molecule has 0 spiro atoms. The lowest BCUT2D eigenvalue weighted by Gasteiger charge is -2.07. The Balaban J connectivity index is 2.21. The average Bonchev–Trinajstić information content (AvgIpc) is 2.44. The standard InChI is InChI=1S/C11H10BrN5O3/c12-8-3-1-2-7(4-8)6-20-10-9(17(18)19)5-14-11(15-10)16-13/h1-5H,6,13H2,(H,14,15,16). The van der Waals surface area contributed by atoms with E-state index in [0.717, 1.165) is 16.2 Å². The molecule has 1 aromatic heterocycles. The van der Waals surface area contributed by atoms with Crippen LogP contribution in [0.25, 0.3) is 0 Å². The largest absolute Gasteiger partial charge is 0.468 e. The predicted molar refractivity (Wildman–Crippen MR) is 75.0 cm³/mol. The number of nitrogens with zero attached hydrogens (tertiary/aromatic N) is 3. The number of nitrogen functional groups attached to an aromatic ring is 1. The van der Waals surface area contributed by atoms with Gasteiger partial charge in [0.2, 0.25) is 5.95 Å². The summed E-state index contributed by atoms with van der Waals surface area (Å²) in [5.74, 6) is 5.07. The van der Waals surface area contributed by atoms with Gasteiger partial charge in [-0.05, 0) is 17.7 Å². The maximum atomic E-state index is 10.9. The second-order valence-corrected chi connectivity index (χ2v) is 4.62. The summed E-state index contributed by atoms with van der Waals surface area (Å²) in [6, 6.07) is 7.38. The minimum Gasteiger partial charge on any atom is -0.468 e. The van der Waals surface area contributed by atoms with Gasteiger partial charge in [-0.15, -0.1) is 0 Å². The fourth-order valence-corrected chi connectivity index (χ4v) is 1.89. The van der Waals surface area contributed by atoms with Crippen LogP contribution in [0.3, 0.4) is 0 Å². The van der Waals surface area contributed by atoms with Gasteiger partial charge in [-0.2, -0.15) is 4.98 Å². The van der Waals surface area contributed by atoms with E-state index in [1.54, 1.807) is 0 Å². The van der Waals surface area contributed by atoms with Crippen LogP contribution in [0.4, 0.5) is 11.6 Å². The molecule has 0 radical (unpaired) electrons. The van der Waals surface area contributed by atoms with Crippen molar-refractivity contribution < 1.29 is 9.66 Å². The number of ether oxygens (including phenoxy) is 1. The monoisotopic (exact) mass is 339 g/mol. The van der Waals surface area contributed by atoms with Crippen LogP contribution in [0.2, 0.25) is 0 Å². The van der Waals surface area contributed by atoms with Crippen molar-refractivity contribution >= 4 is 27.6 Å². The number of hydrazine groups is 1. The zero-order valence-corrected chi connectivity index (χ0v) is 11.7. The summed E-state index contributed by atoms with van der Waals surface area (Å²) in [4.78, 5) is 17.8. The third kappa shape index (κ3) is 3.39. The van der Waals surface area contributed by atoms with Crippen molar-refractivity contribution in [2.45, 2.75) is 6.61 Å². The number of anilines is 1. The summed E-state index contributed by atoms with van der Waals surface area (Å²) in [7, 11) is 0. The third-order valence-electron chi connectivity index (χ3n) is 2.33. The van der Waals surface area contributed by atoms with Gasteiger partial charge in [-0.25, -0.2) is 10.8 Å². The van der Waals surface area contributed by atoms with Crippen molar-refractivity contribution in [3.63, 3.8) is 0 Å². The maximum Gasteiger partial charge on any atom is 0.349 e. The normalized spacial score (nSPS) is 10.1. The zero-order chi connectivity index (χ0) is 14.5. The Labute approximate surface area is 122 Å². The molecule has 0 unspecified atom stereocenters. The van der Waals surface area contributed by atoms with E-state index in [1.807, 2.05) is 24.3 Å². The van der Waals surface area contributed by atoms with Gasteiger partial charge >= 0.3 is 5.69 Å². The van der Waals surface area contributed by atoms with Gasteiger partial charge in [0, 0.05) is 4.47 Å². The van der Waals surface area contributed by atoms with Gasteiger partial charge in [-0.3, -0.25) is 15.5 Å². The van der Waals surface area contributed by atoms with Crippen LogP contribution in [0.15, 0.2) is 34.9 Å². The fraction of sp³-hybridized carbons (Fsp3) is 0.0909. The van der Waals surface area contributed by atoms with E-state index < -0.39 is 4.92 Å². The van der Waals surface area contributed by atoms with Crippen LogP contribution in [0.5, 0.6) is 5.88 Å². The maximum absolute atomic E-state index is 10.9. The Hall–Kier alpha value is -2.26. The van der Waals surface area contributed by atoms with Crippen LogP contribution in [0, 0.1) is 10.1 Å². The van der Waals surface area contributed by atoms with Crippen LogP contribution in [0.1, 0.15) is 5.56 Å². The number of nitrogens with one attached hydrogen (secondary N) is 1. The Kier molecular flexibility index (Phi) is 4.43. The molecule has 104 valence electrons. The van der Waals surface area contributed by atoms with E-state index in [0.29, 0.717) is 0 Å². The van der Waals surface area contributed by atoms with E-state index in [9.17, 15) is 10.1 Å².